The quantitative estimate of drug-likeness (QED) is 0.927. The predicted molar refractivity (Wildman–Crippen MR) is 85.0 cm³/mol. The molecule has 0 unspecified atom stereocenters. The number of nitrogens with zero attached hydrogens (tertiary/aromatic N) is 1. The lowest BCUT2D eigenvalue weighted by molar-refractivity contribution is 0.147. The highest BCUT2D eigenvalue weighted by molar-refractivity contribution is 5.63. The zero-order chi connectivity index (χ0) is 14.5. The first kappa shape index (κ1) is 14.2. The van der Waals surface area contributed by atoms with E-state index in [2.05, 4.69) is 46.6 Å². The summed E-state index contributed by atoms with van der Waals surface area (Å²) in [6.07, 6.45) is 0. The fourth-order valence-corrected chi connectivity index (χ4v) is 2.92. The standard InChI is InChI=1S/C18H21FN2/c19-14-18(21-12-10-20-11-13-21)17-8-6-16(7-9-17)15-4-2-1-3-5-15/h1-9,18,20H,10-14H2/t18-/m1/s1. The lowest BCUT2D eigenvalue weighted by atomic mass is 10.00. The average molecular weight is 284 g/mol. The van der Waals surface area contributed by atoms with Gasteiger partial charge in [-0.15, -0.1) is 0 Å². The summed E-state index contributed by atoms with van der Waals surface area (Å²) < 4.78 is 13.5. The Hall–Kier alpha value is -1.71. The first-order valence-electron chi connectivity index (χ1n) is 7.54. The van der Waals surface area contributed by atoms with Crippen LogP contribution in [0, 0.1) is 0 Å². The Morgan fingerprint density at radius 2 is 1.52 bits per heavy atom. The molecule has 0 aromatic heterocycles. The van der Waals surface area contributed by atoms with Crippen LogP contribution in [0.2, 0.25) is 0 Å². The van der Waals surface area contributed by atoms with Crippen LogP contribution >= 0.6 is 0 Å². The Morgan fingerprint density at radius 1 is 0.905 bits per heavy atom. The molecule has 1 saturated heterocycles. The summed E-state index contributed by atoms with van der Waals surface area (Å²) in [5.74, 6) is 0. The average Bonchev–Trinajstić information content (AvgIpc) is 2.58. The minimum absolute atomic E-state index is 0.114. The van der Waals surface area contributed by atoms with Crippen LogP contribution in [0.4, 0.5) is 4.39 Å². The maximum absolute atomic E-state index is 13.5. The van der Waals surface area contributed by atoms with E-state index in [4.69, 9.17) is 0 Å². The third-order valence-corrected chi connectivity index (χ3v) is 4.14. The Kier molecular flexibility index (Phi) is 4.63. The van der Waals surface area contributed by atoms with E-state index in [1.807, 2.05) is 18.2 Å². The van der Waals surface area contributed by atoms with Gasteiger partial charge in [0.2, 0.25) is 0 Å². The Morgan fingerprint density at radius 3 is 2.14 bits per heavy atom. The molecule has 1 fully saturated rings. The summed E-state index contributed by atoms with van der Waals surface area (Å²) in [6, 6.07) is 18.5. The monoisotopic (exact) mass is 284 g/mol. The maximum Gasteiger partial charge on any atom is 0.109 e. The highest BCUT2D eigenvalue weighted by atomic mass is 19.1. The van der Waals surface area contributed by atoms with Crippen molar-refractivity contribution in [2.75, 3.05) is 32.9 Å². The maximum atomic E-state index is 13.5. The van der Waals surface area contributed by atoms with Crippen molar-refractivity contribution in [3.8, 4) is 11.1 Å². The fourth-order valence-electron chi connectivity index (χ4n) is 2.92. The van der Waals surface area contributed by atoms with Gasteiger partial charge in [-0.2, -0.15) is 0 Å². The van der Waals surface area contributed by atoms with Gasteiger partial charge in [-0.25, -0.2) is 4.39 Å². The van der Waals surface area contributed by atoms with Gasteiger partial charge in [0, 0.05) is 26.2 Å². The number of nitrogens with one attached hydrogen (secondary N) is 1. The van der Waals surface area contributed by atoms with Crippen molar-refractivity contribution in [2.45, 2.75) is 6.04 Å². The van der Waals surface area contributed by atoms with Crippen LogP contribution in [0.15, 0.2) is 54.6 Å². The molecule has 110 valence electrons. The zero-order valence-corrected chi connectivity index (χ0v) is 12.1. The largest absolute Gasteiger partial charge is 0.314 e. The van der Waals surface area contributed by atoms with Crippen molar-refractivity contribution in [1.82, 2.24) is 10.2 Å². The number of benzene rings is 2. The van der Waals surface area contributed by atoms with E-state index in [1.54, 1.807) is 0 Å². The first-order chi connectivity index (χ1) is 10.4. The van der Waals surface area contributed by atoms with E-state index in [-0.39, 0.29) is 12.7 Å². The molecule has 0 spiro atoms. The molecule has 0 aliphatic carbocycles. The second kappa shape index (κ2) is 6.83. The molecule has 1 heterocycles. The molecule has 2 aromatic rings. The van der Waals surface area contributed by atoms with E-state index in [0.29, 0.717) is 0 Å². The van der Waals surface area contributed by atoms with Crippen molar-refractivity contribution < 1.29 is 4.39 Å². The normalized spacial score (nSPS) is 17.6. The Bertz CT molecular complexity index is 547. The summed E-state index contributed by atoms with van der Waals surface area (Å²) in [5, 5.41) is 3.31. The van der Waals surface area contributed by atoms with Gasteiger partial charge in [0.15, 0.2) is 0 Å². The Balaban J connectivity index is 1.79. The number of alkyl halides is 1. The molecule has 0 saturated carbocycles. The van der Waals surface area contributed by atoms with Gasteiger partial charge in [-0.1, -0.05) is 54.6 Å². The highest BCUT2D eigenvalue weighted by Gasteiger charge is 2.21. The molecule has 1 atom stereocenters. The van der Waals surface area contributed by atoms with Crippen LogP contribution in [0.25, 0.3) is 11.1 Å². The van der Waals surface area contributed by atoms with E-state index < -0.39 is 0 Å². The molecule has 21 heavy (non-hydrogen) atoms. The predicted octanol–water partition coefficient (Wildman–Crippen LogP) is 3.27. The van der Waals surface area contributed by atoms with E-state index in [9.17, 15) is 4.39 Å². The Labute approximate surface area is 125 Å². The first-order valence-corrected chi connectivity index (χ1v) is 7.54. The lowest BCUT2D eigenvalue weighted by Gasteiger charge is -2.33. The zero-order valence-electron chi connectivity index (χ0n) is 12.1. The van der Waals surface area contributed by atoms with Crippen molar-refractivity contribution >= 4 is 0 Å². The van der Waals surface area contributed by atoms with Crippen LogP contribution in [-0.4, -0.2) is 37.8 Å². The minimum atomic E-state index is -0.329. The number of rotatable bonds is 4. The third kappa shape index (κ3) is 3.31. The van der Waals surface area contributed by atoms with Crippen molar-refractivity contribution in [3.63, 3.8) is 0 Å². The lowest BCUT2D eigenvalue weighted by Crippen LogP contribution is -2.45. The molecular formula is C18H21FN2. The van der Waals surface area contributed by atoms with Gasteiger partial charge < -0.3 is 5.32 Å². The third-order valence-electron chi connectivity index (χ3n) is 4.14. The summed E-state index contributed by atoms with van der Waals surface area (Å²) in [6.45, 7) is 3.38. The van der Waals surface area contributed by atoms with Gasteiger partial charge in [-0.05, 0) is 16.7 Å². The topological polar surface area (TPSA) is 15.3 Å². The number of piperazine rings is 1. The van der Waals surface area contributed by atoms with Crippen LogP contribution in [-0.2, 0) is 0 Å². The van der Waals surface area contributed by atoms with Crippen molar-refractivity contribution in [2.24, 2.45) is 0 Å². The summed E-state index contributed by atoms with van der Waals surface area (Å²) in [5.41, 5.74) is 3.44. The van der Waals surface area contributed by atoms with Gasteiger partial charge in [0.05, 0.1) is 6.04 Å². The molecule has 1 aliphatic rings. The number of hydrogen-bond acceptors (Lipinski definition) is 2. The van der Waals surface area contributed by atoms with E-state index >= 15 is 0 Å². The fraction of sp³-hybridized carbons (Fsp3) is 0.333. The minimum Gasteiger partial charge on any atom is -0.314 e. The molecule has 2 nitrogen and oxygen atoms in total. The summed E-state index contributed by atoms with van der Waals surface area (Å²) >= 11 is 0. The highest BCUT2D eigenvalue weighted by Crippen LogP contribution is 2.25. The van der Waals surface area contributed by atoms with Crippen LogP contribution < -0.4 is 5.32 Å². The molecule has 2 aromatic carbocycles. The summed E-state index contributed by atoms with van der Waals surface area (Å²) in [4.78, 5) is 2.23. The molecule has 3 rings (SSSR count). The van der Waals surface area contributed by atoms with E-state index in [0.717, 1.165) is 31.7 Å². The van der Waals surface area contributed by atoms with E-state index in [1.165, 1.54) is 11.1 Å². The van der Waals surface area contributed by atoms with Gasteiger partial charge >= 0.3 is 0 Å². The van der Waals surface area contributed by atoms with Crippen LogP contribution in [0.3, 0.4) is 0 Å². The molecule has 0 amide bonds. The molecule has 0 radical (unpaired) electrons. The number of halogens is 1. The summed E-state index contributed by atoms with van der Waals surface area (Å²) in [7, 11) is 0. The molecule has 0 bridgehead atoms. The number of hydrogen-bond donors (Lipinski definition) is 1. The van der Waals surface area contributed by atoms with Crippen LogP contribution in [0.1, 0.15) is 11.6 Å². The molecular weight excluding hydrogens is 263 g/mol. The van der Waals surface area contributed by atoms with Gasteiger partial charge in [0.25, 0.3) is 0 Å². The molecule has 3 heteroatoms. The van der Waals surface area contributed by atoms with Crippen molar-refractivity contribution in [1.29, 1.82) is 0 Å². The van der Waals surface area contributed by atoms with Crippen molar-refractivity contribution in [3.05, 3.63) is 60.2 Å². The van der Waals surface area contributed by atoms with Gasteiger partial charge in [-0.3, -0.25) is 4.90 Å². The SMILES string of the molecule is FC[C@H](c1ccc(-c2ccccc2)cc1)N1CCNCC1. The second-order valence-corrected chi connectivity index (χ2v) is 5.44. The van der Waals surface area contributed by atoms with Crippen LogP contribution in [0.5, 0.6) is 0 Å². The molecule has 1 aliphatic heterocycles. The molecule has 1 N–H and O–H groups in total. The van der Waals surface area contributed by atoms with Gasteiger partial charge in [0.1, 0.15) is 6.67 Å². The smallest absolute Gasteiger partial charge is 0.109 e. The second-order valence-electron chi connectivity index (χ2n) is 5.44.